The summed E-state index contributed by atoms with van der Waals surface area (Å²) in [6.07, 6.45) is 2.65. The number of carbonyl (C=O) groups excluding carboxylic acids is 1. The van der Waals surface area contributed by atoms with E-state index in [4.69, 9.17) is 9.47 Å². The fraction of sp³-hybridized carbons (Fsp3) is 0.632. The van der Waals surface area contributed by atoms with E-state index in [-0.39, 0.29) is 5.91 Å². The summed E-state index contributed by atoms with van der Waals surface area (Å²) in [7, 11) is 3.22. The monoisotopic (exact) mass is 348 g/mol. The van der Waals surface area contributed by atoms with Crippen molar-refractivity contribution < 1.29 is 19.4 Å². The van der Waals surface area contributed by atoms with Gasteiger partial charge in [-0.25, -0.2) is 0 Å². The normalized spacial score (nSPS) is 23.9. The Morgan fingerprint density at radius 3 is 2.64 bits per heavy atom. The first kappa shape index (κ1) is 18.0. The van der Waals surface area contributed by atoms with Crippen molar-refractivity contribution in [2.75, 3.05) is 33.9 Å². The first-order chi connectivity index (χ1) is 12.0. The summed E-state index contributed by atoms with van der Waals surface area (Å²) in [5.74, 6) is 1.53. The van der Waals surface area contributed by atoms with E-state index in [2.05, 4.69) is 6.92 Å². The molecule has 138 valence electrons. The number of hydrogen-bond acceptors (Lipinski definition) is 5. The van der Waals surface area contributed by atoms with Crippen molar-refractivity contribution >= 4 is 5.91 Å². The molecule has 0 aromatic heterocycles. The molecule has 0 aliphatic carbocycles. The highest BCUT2D eigenvalue weighted by Crippen LogP contribution is 2.39. The van der Waals surface area contributed by atoms with Gasteiger partial charge in [0.05, 0.1) is 26.9 Å². The maximum absolute atomic E-state index is 12.7. The number of piperidine rings is 1. The molecule has 1 aromatic carbocycles. The fourth-order valence-electron chi connectivity index (χ4n) is 4.02. The molecule has 2 atom stereocenters. The fourth-order valence-corrected chi connectivity index (χ4v) is 4.02. The lowest BCUT2D eigenvalue weighted by atomic mass is 9.95. The molecule has 3 rings (SSSR count). The molecule has 0 unspecified atom stereocenters. The van der Waals surface area contributed by atoms with Crippen molar-refractivity contribution in [1.82, 2.24) is 9.80 Å². The molecule has 6 nitrogen and oxygen atoms in total. The lowest BCUT2D eigenvalue weighted by molar-refractivity contribution is -0.136. The zero-order valence-electron chi connectivity index (χ0n) is 15.3. The summed E-state index contributed by atoms with van der Waals surface area (Å²) in [4.78, 5) is 16.7. The molecule has 0 bridgehead atoms. The molecule has 0 saturated carbocycles. The number of β-amino-alcohol motifs (C(OH)–C–C–N with tert-alkyl or cyclic N) is 1. The molecule has 1 amide bonds. The van der Waals surface area contributed by atoms with Gasteiger partial charge in [0.2, 0.25) is 5.91 Å². The van der Waals surface area contributed by atoms with Gasteiger partial charge < -0.3 is 19.5 Å². The third-order valence-electron chi connectivity index (χ3n) is 5.34. The summed E-state index contributed by atoms with van der Waals surface area (Å²) in [6, 6.07) is 3.97. The Balaban J connectivity index is 1.78. The van der Waals surface area contributed by atoms with Crippen molar-refractivity contribution in [3.8, 4) is 11.5 Å². The van der Waals surface area contributed by atoms with Gasteiger partial charge in [0, 0.05) is 36.8 Å². The van der Waals surface area contributed by atoms with Gasteiger partial charge in [-0.05, 0) is 38.3 Å². The molecule has 25 heavy (non-hydrogen) atoms. The number of rotatable bonds is 4. The smallest absolute Gasteiger partial charge is 0.236 e. The molecule has 2 aliphatic heterocycles. The van der Waals surface area contributed by atoms with Gasteiger partial charge in [-0.3, -0.25) is 9.69 Å². The number of aliphatic hydroxyl groups excluding tert-OH is 1. The lowest BCUT2D eigenvalue weighted by Gasteiger charge is -2.37. The predicted octanol–water partition coefficient (Wildman–Crippen LogP) is 1.95. The standard InChI is InChI=1S/C19H28N2O4/c1-13-6-4-5-9-21(13)18(23)12-20-10-14-16(24-2)7-8-17(25-3)19(14)15(22)11-20/h7-8,13,15,22H,4-6,9-12H2,1-3H3/t13-,15-/m0/s1. The van der Waals surface area contributed by atoms with E-state index < -0.39 is 6.10 Å². The van der Waals surface area contributed by atoms with Gasteiger partial charge in [0.25, 0.3) is 0 Å². The van der Waals surface area contributed by atoms with Crippen LogP contribution < -0.4 is 9.47 Å². The summed E-state index contributed by atoms with van der Waals surface area (Å²) in [5.41, 5.74) is 1.68. The van der Waals surface area contributed by atoms with E-state index in [1.807, 2.05) is 21.9 Å². The highest BCUT2D eigenvalue weighted by Gasteiger charge is 2.32. The molecule has 1 aromatic rings. The first-order valence-corrected chi connectivity index (χ1v) is 8.98. The summed E-state index contributed by atoms with van der Waals surface area (Å²) in [6.45, 7) is 4.27. The topological polar surface area (TPSA) is 62.2 Å². The van der Waals surface area contributed by atoms with Crippen LogP contribution in [0.2, 0.25) is 0 Å². The quantitative estimate of drug-likeness (QED) is 0.901. The maximum atomic E-state index is 12.7. The SMILES string of the molecule is COc1ccc(OC)c2c1CN(CC(=O)N1CCCC[C@@H]1C)C[C@@H]2O. The van der Waals surface area contributed by atoms with E-state index in [0.717, 1.165) is 36.3 Å². The molecule has 1 saturated heterocycles. The summed E-state index contributed by atoms with van der Waals surface area (Å²) < 4.78 is 10.9. The lowest BCUT2D eigenvalue weighted by Crippen LogP contribution is -2.48. The number of benzene rings is 1. The van der Waals surface area contributed by atoms with Crippen molar-refractivity contribution in [3.05, 3.63) is 23.3 Å². The van der Waals surface area contributed by atoms with Crippen LogP contribution in [-0.4, -0.2) is 60.7 Å². The van der Waals surface area contributed by atoms with E-state index >= 15 is 0 Å². The highest BCUT2D eigenvalue weighted by atomic mass is 16.5. The van der Waals surface area contributed by atoms with E-state index in [1.165, 1.54) is 6.42 Å². The minimum atomic E-state index is -0.694. The average Bonchev–Trinajstić information content (AvgIpc) is 2.61. The second-order valence-corrected chi connectivity index (χ2v) is 6.98. The largest absolute Gasteiger partial charge is 0.496 e. The maximum Gasteiger partial charge on any atom is 0.236 e. The Hall–Kier alpha value is -1.79. The number of aliphatic hydroxyl groups is 1. The molecule has 0 radical (unpaired) electrons. The van der Waals surface area contributed by atoms with Crippen LogP contribution in [0.15, 0.2) is 12.1 Å². The summed E-state index contributed by atoms with van der Waals surface area (Å²) in [5, 5.41) is 10.6. The van der Waals surface area contributed by atoms with Crippen molar-refractivity contribution in [1.29, 1.82) is 0 Å². The molecule has 6 heteroatoms. The number of likely N-dealkylation sites (tertiary alicyclic amines) is 1. The first-order valence-electron chi connectivity index (χ1n) is 8.98. The Bertz CT molecular complexity index is 634. The molecule has 1 N–H and O–H groups in total. The molecular weight excluding hydrogens is 320 g/mol. The van der Waals surface area contributed by atoms with Crippen LogP contribution in [0.5, 0.6) is 11.5 Å². The number of methoxy groups -OCH3 is 2. The van der Waals surface area contributed by atoms with E-state index in [9.17, 15) is 9.90 Å². The number of carbonyl (C=O) groups is 1. The number of amides is 1. The third kappa shape index (κ3) is 3.60. The molecule has 0 spiro atoms. The van der Waals surface area contributed by atoms with Crippen LogP contribution in [0.4, 0.5) is 0 Å². The Morgan fingerprint density at radius 2 is 1.96 bits per heavy atom. The second kappa shape index (κ2) is 7.62. The van der Waals surface area contributed by atoms with Gasteiger partial charge in [-0.1, -0.05) is 0 Å². The summed E-state index contributed by atoms with van der Waals surface area (Å²) >= 11 is 0. The third-order valence-corrected chi connectivity index (χ3v) is 5.34. The van der Waals surface area contributed by atoms with Gasteiger partial charge in [0.1, 0.15) is 11.5 Å². The number of nitrogens with zero attached hydrogens (tertiary/aromatic N) is 2. The van der Waals surface area contributed by atoms with Crippen LogP contribution in [0.1, 0.15) is 43.4 Å². The Kier molecular flexibility index (Phi) is 5.49. The molecular formula is C19H28N2O4. The number of hydrogen-bond donors (Lipinski definition) is 1. The van der Waals surface area contributed by atoms with Gasteiger partial charge in [-0.2, -0.15) is 0 Å². The molecule has 2 heterocycles. The molecule has 1 fully saturated rings. The van der Waals surface area contributed by atoms with Crippen LogP contribution >= 0.6 is 0 Å². The van der Waals surface area contributed by atoms with Crippen molar-refractivity contribution in [2.24, 2.45) is 0 Å². The van der Waals surface area contributed by atoms with Crippen molar-refractivity contribution in [3.63, 3.8) is 0 Å². The van der Waals surface area contributed by atoms with Gasteiger partial charge in [0.15, 0.2) is 0 Å². The highest BCUT2D eigenvalue weighted by molar-refractivity contribution is 5.78. The average molecular weight is 348 g/mol. The van der Waals surface area contributed by atoms with Crippen LogP contribution in [0.3, 0.4) is 0 Å². The zero-order chi connectivity index (χ0) is 18.0. The van der Waals surface area contributed by atoms with Crippen LogP contribution in [-0.2, 0) is 11.3 Å². The molecule has 2 aliphatic rings. The van der Waals surface area contributed by atoms with Gasteiger partial charge in [-0.15, -0.1) is 0 Å². The zero-order valence-corrected chi connectivity index (χ0v) is 15.3. The van der Waals surface area contributed by atoms with Crippen LogP contribution in [0, 0.1) is 0 Å². The van der Waals surface area contributed by atoms with Crippen LogP contribution in [0.25, 0.3) is 0 Å². The Labute approximate surface area is 149 Å². The van der Waals surface area contributed by atoms with Gasteiger partial charge >= 0.3 is 0 Å². The number of ether oxygens (including phenoxy) is 2. The van der Waals surface area contributed by atoms with E-state index in [0.29, 0.717) is 31.4 Å². The second-order valence-electron chi connectivity index (χ2n) is 6.98. The number of fused-ring (bicyclic) bond motifs is 1. The van der Waals surface area contributed by atoms with E-state index in [1.54, 1.807) is 14.2 Å². The minimum Gasteiger partial charge on any atom is -0.496 e. The van der Waals surface area contributed by atoms with Crippen molar-refractivity contribution in [2.45, 2.75) is 44.9 Å². The predicted molar refractivity (Wildman–Crippen MR) is 94.8 cm³/mol. The minimum absolute atomic E-state index is 0.143. The Morgan fingerprint density at radius 1 is 1.24 bits per heavy atom.